The average molecular weight is 436 g/mol. The summed E-state index contributed by atoms with van der Waals surface area (Å²) in [5, 5.41) is -1.07. The molecule has 1 aliphatic rings. The van der Waals surface area contributed by atoms with Crippen LogP contribution in [-0.2, 0) is 15.0 Å². The second-order valence-electron chi connectivity index (χ2n) is 3.86. The Bertz CT molecular complexity index is 655. The molecule has 1 saturated heterocycles. The largest absolute Gasteiger partial charge is 0.307 e. The number of halogens is 4. The van der Waals surface area contributed by atoms with E-state index in [1.807, 2.05) is 0 Å². The van der Waals surface area contributed by atoms with E-state index in [0.717, 1.165) is 4.90 Å². The molecule has 1 fully saturated rings. The number of nitrogens with zero attached hydrogens (tertiary/aromatic N) is 2. The molecule has 1 amide bonds. The molecule has 0 spiro atoms. The third-order valence-corrected chi connectivity index (χ3v) is 5.96. The normalized spacial score (nSPS) is 20.1. The van der Waals surface area contributed by atoms with Crippen molar-refractivity contribution in [2.24, 2.45) is 0 Å². The number of carbonyl (C=O) groups excluding carboxylic acids is 1. The van der Waals surface area contributed by atoms with E-state index in [9.17, 15) is 17.1 Å². The Hall–Kier alpha value is -0.250. The highest BCUT2D eigenvalue weighted by atomic mass is 79.9. The average Bonchev–Trinajstić information content (AvgIpc) is 2.68. The maximum Gasteiger partial charge on any atom is 0.307 e. The first-order valence-electron chi connectivity index (χ1n) is 4.95. The second-order valence-corrected chi connectivity index (χ2v) is 7.51. The van der Waals surface area contributed by atoms with Crippen LogP contribution in [0.4, 0.5) is 9.70 Å². The van der Waals surface area contributed by atoms with Gasteiger partial charge in [-0.1, -0.05) is 11.6 Å². The van der Waals surface area contributed by atoms with E-state index >= 15 is 0 Å². The van der Waals surface area contributed by atoms with Gasteiger partial charge >= 0.3 is 10.2 Å². The van der Waals surface area contributed by atoms with E-state index in [1.165, 1.54) is 6.20 Å². The zero-order valence-electron chi connectivity index (χ0n) is 9.11. The molecule has 104 valence electrons. The number of anilines is 1. The molecule has 0 aliphatic carbocycles. The lowest BCUT2D eigenvalue weighted by atomic mass is 10.4. The van der Waals surface area contributed by atoms with Gasteiger partial charge in [-0.2, -0.15) is 8.42 Å². The number of rotatable bonds is 2. The van der Waals surface area contributed by atoms with Crippen LogP contribution >= 0.6 is 43.5 Å². The topological polar surface area (TPSA) is 67.3 Å². The first kappa shape index (κ1) is 15.1. The zero-order valence-corrected chi connectivity index (χ0v) is 13.9. The third kappa shape index (κ3) is 2.93. The Morgan fingerprint density at radius 1 is 1.47 bits per heavy atom. The molecule has 19 heavy (non-hydrogen) atoms. The van der Waals surface area contributed by atoms with Crippen LogP contribution in [0.5, 0.6) is 0 Å². The highest BCUT2D eigenvalue weighted by molar-refractivity contribution is 9.11. The molecule has 2 heterocycles. The van der Waals surface area contributed by atoms with E-state index in [1.54, 1.807) is 0 Å². The van der Waals surface area contributed by atoms with Crippen molar-refractivity contribution in [2.75, 3.05) is 11.4 Å². The number of pyridine rings is 1. The highest BCUT2D eigenvalue weighted by Gasteiger charge is 2.40. The summed E-state index contributed by atoms with van der Waals surface area (Å²) in [6.07, 6.45) is 0.980. The summed E-state index contributed by atoms with van der Waals surface area (Å²) in [4.78, 5) is 16.9. The van der Waals surface area contributed by atoms with Crippen LogP contribution in [0, 0.1) is 0 Å². The smallest absolute Gasteiger partial charge is 0.294 e. The lowest BCUT2D eigenvalue weighted by Gasteiger charge is -2.17. The molecule has 1 aliphatic heterocycles. The predicted octanol–water partition coefficient (Wildman–Crippen LogP) is 2.66. The minimum Gasteiger partial charge on any atom is -0.294 e. The van der Waals surface area contributed by atoms with Gasteiger partial charge in [-0.25, -0.2) is 4.98 Å². The maximum absolute atomic E-state index is 12.9. The zero-order chi connectivity index (χ0) is 14.4. The Balaban J connectivity index is 2.39. The van der Waals surface area contributed by atoms with Gasteiger partial charge in [-0.15, -0.1) is 3.89 Å². The van der Waals surface area contributed by atoms with Crippen molar-refractivity contribution < 1.29 is 17.1 Å². The third-order valence-electron chi connectivity index (χ3n) is 2.64. The Morgan fingerprint density at radius 2 is 2.11 bits per heavy atom. The minimum absolute atomic E-state index is 0.171. The molecular formula is C9H6Br2ClFN2O3S. The van der Waals surface area contributed by atoms with Gasteiger partial charge in [0, 0.05) is 19.2 Å². The van der Waals surface area contributed by atoms with Crippen molar-refractivity contribution >= 4 is 65.4 Å². The van der Waals surface area contributed by atoms with Gasteiger partial charge in [0.05, 0.1) is 14.0 Å². The predicted molar refractivity (Wildman–Crippen MR) is 75.4 cm³/mol. The van der Waals surface area contributed by atoms with E-state index in [0.29, 0.717) is 14.0 Å². The summed E-state index contributed by atoms with van der Waals surface area (Å²) < 4.78 is 35.5. The van der Waals surface area contributed by atoms with Crippen molar-refractivity contribution in [3.8, 4) is 0 Å². The number of aromatic nitrogens is 1. The number of carbonyl (C=O) groups is 1. The van der Waals surface area contributed by atoms with E-state index in [4.69, 9.17) is 11.6 Å². The lowest BCUT2D eigenvalue weighted by molar-refractivity contribution is -0.117. The van der Waals surface area contributed by atoms with Gasteiger partial charge in [-0.05, 0) is 31.9 Å². The molecule has 0 bridgehead atoms. The van der Waals surface area contributed by atoms with Gasteiger partial charge in [0.1, 0.15) is 5.25 Å². The van der Waals surface area contributed by atoms with Crippen molar-refractivity contribution in [3.05, 3.63) is 20.2 Å². The molecular weight excluding hydrogens is 430 g/mol. The molecule has 5 nitrogen and oxygen atoms in total. The van der Waals surface area contributed by atoms with Gasteiger partial charge in [0.25, 0.3) is 0 Å². The van der Waals surface area contributed by atoms with Crippen molar-refractivity contribution in [1.29, 1.82) is 0 Å². The summed E-state index contributed by atoms with van der Waals surface area (Å²) in [6.45, 7) is -0.277. The molecule has 0 radical (unpaired) electrons. The molecule has 1 unspecified atom stereocenters. The van der Waals surface area contributed by atoms with E-state index < -0.39 is 27.8 Å². The molecule has 1 aromatic rings. The fourth-order valence-electron chi connectivity index (χ4n) is 1.69. The molecule has 0 aromatic carbocycles. The summed E-state index contributed by atoms with van der Waals surface area (Å²) >= 11 is 12.3. The maximum atomic E-state index is 12.9. The first-order chi connectivity index (χ1) is 8.71. The summed E-state index contributed by atoms with van der Waals surface area (Å²) in [5.74, 6) is -0.345. The first-order valence-corrected chi connectivity index (χ1v) is 8.36. The molecule has 10 heteroatoms. The fourth-order valence-corrected chi connectivity index (χ4v) is 3.59. The van der Waals surface area contributed by atoms with E-state index in [2.05, 4.69) is 36.8 Å². The van der Waals surface area contributed by atoms with Gasteiger partial charge in [0.15, 0.2) is 5.82 Å². The number of hydrogen-bond acceptors (Lipinski definition) is 4. The second kappa shape index (κ2) is 5.27. The van der Waals surface area contributed by atoms with Crippen molar-refractivity contribution in [3.63, 3.8) is 0 Å². The minimum atomic E-state index is -4.76. The SMILES string of the molecule is O=C1CC(S(=O)(=O)F)CN1c1ncc(Br)c(Cl)c1Br. The fraction of sp³-hybridized carbons (Fsp3) is 0.333. The van der Waals surface area contributed by atoms with Crippen molar-refractivity contribution in [2.45, 2.75) is 11.7 Å². The number of amides is 1. The Labute approximate surface area is 130 Å². The van der Waals surface area contributed by atoms with Crippen LogP contribution < -0.4 is 4.90 Å². The standard InChI is InChI=1S/C9H6Br2ClFN2O3S/c10-5-2-14-9(7(11)8(5)12)15-3-4(1-6(15)16)19(13,17)18/h2,4H,1,3H2. The summed E-state index contributed by atoms with van der Waals surface area (Å²) in [7, 11) is -4.76. The van der Waals surface area contributed by atoms with Crippen LogP contribution in [0.25, 0.3) is 0 Å². The van der Waals surface area contributed by atoms with Crippen LogP contribution in [0.15, 0.2) is 15.1 Å². The van der Waals surface area contributed by atoms with Gasteiger partial charge in [0.2, 0.25) is 5.91 Å². The molecule has 2 rings (SSSR count). The molecule has 0 N–H and O–H groups in total. The number of hydrogen-bond donors (Lipinski definition) is 0. The van der Waals surface area contributed by atoms with Gasteiger partial charge < -0.3 is 0 Å². The molecule has 1 atom stereocenters. The van der Waals surface area contributed by atoms with Crippen LogP contribution in [-0.4, -0.2) is 31.1 Å². The summed E-state index contributed by atoms with van der Waals surface area (Å²) in [6, 6.07) is 0. The van der Waals surface area contributed by atoms with Crippen LogP contribution in [0.2, 0.25) is 5.02 Å². The van der Waals surface area contributed by atoms with E-state index in [-0.39, 0.29) is 12.4 Å². The monoisotopic (exact) mass is 434 g/mol. The Kier molecular flexibility index (Phi) is 4.20. The van der Waals surface area contributed by atoms with Crippen molar-refractivity contribution in [1.82, 2.24) is 4.98 Å². The van der Waals surface area contributed by atoms with Gasteiger partial charge in [-0.3, -0.25) is 9.69 Å². The quantitative estimate of drug-likeness (QED) is 0.669. The van der Waals surface area contributed by atoms with Crippen LogP contribution in [0.3, 0.4) is 0 Å². The van der Waals surface area contributed by atoms with Crippen LogP contribution in [0.1, 0.15) is 6.42 Å². The molecule has 0 saturated carbocycles. The summed E-state index contributed by atoms with van der Waals surface area (Å²) in [5.41, 5.74) is 0. The Morgan fingerprint density at radius 3 is 2.63 bits per heavy atom. The lowest BCUT2D eigenvalue weighted by Crippen LogP contribution is -2.28. The highest BCUT2D eigenvalue weighted by Crippen LogP contribution is 2.38. The molecule has 1 aromatic heterocycles.